The maximum absolute atomic E-state index is 9.59. The maximum Gasteiger partial charge on any atom is 0.235 e. The van der Waals surface area contributed by atoms with Crippen LogP contribution in [0.25, 0.3) is 0 Å². The van der Waals surface area contributed by atoms with Crippen LogP contribution in [0.3, 0.4) is 0 Å². The van der Waals surface area contributed by atoms with Crippen molar-refractivity contribution in [1.29, 1.82) is 0 Å². The highest BCUT2D eigenvalue weighted by Gasteiger charge is 2.33. The van der Waals surface area contributed by atoms with E-state index in [2.05, 4.69) is 11.6 Å². The van der Waals surface area contributed by atoms with Crippen LogP contribution in [-0.2, 0) is 4.79 Å². The average molecular weight is 109 g/mol. The zero-order valence-corrected chi connectivity index (χ0v) is 4.50. The second kappa shape index (κ2) is 1.93. The molecule has 42 valence electrons. The lowest BCUT2D eigenvalue weighted by Gasteiger charge is -1.74. The molecular weight excluding hydrogens is 102 g/mol. The molecule has 0 N–H and O–H groups in total. The van der Waals surface area contributed by atoms with Crippen LogP contribution in [0.15, 0.2) is 17.6 Å². The summed E-state index contributed by atoms with van der Waals surface area (Å²) >= 11 is 0. The lowest BCUT2D eigenvalue weighted by molar-refractivity contribution is 0.562. The molecule has 0 saturated heterocycles. The van der Waals surface area contributed by atoms with E-state index in [9.17, 15) is 4.79 Å². The van der Waals surface area contributed by atoms with Crippen molar-refractivity contribution in [3.63, 3.8) is 0 Å². The summed E-state index contributed by atoms with van der Waals surface area (Å²) in [6.07, 6.45) is 4.33. The molecule has 0 bridgehead atoms. The van der Waals surface area contributed by atoms with Crippen LogP contribution in [-0.4, -0.2) is 12.1 Å². The number of aliphatic imine (C=N–C) groups is 1. The number of carbonyl (C=O) groups excluding carboxylic acids is 1. The monoisotopic (exact) mass is 109 g/mol. The Balaban J connectivity index is 2.36. The van der Waals surface area contributed by atoms with E-state index in [0.29, 0.717) is 5.92 Å². The van der Waals surface area contributed by atoms with Crippen molar-refractivity contribution in [2.75, 3.05) is 0 Å². The second-order valence-corrected chi connectivity index (χ2v) is 1.92. The minimum Gasteiger partial charge on any atom is -0.211 e. The van der Waals surface area contributed by atoms with E-state index >= 15 is 0 Å². The highest BCUT2D eigenvalue weighted by molar-refractivity contribution is 5.35. The van der Waals surface area contributed by atoms with Crippen molar-refractivity contribution in [3.8, 4) is 0 Å². The Morgan fingerprint density at radius 1 is 1.88 bits per heavy atom. The minimum atomic E-state index is 0.213. The van der Waals surface area contributed by atoms with Gasteiger partial charge < -0.3 is 0 Å². The van der Waals surface area contributed by atoms with E-state index in [1.54, 1.807) is 0 Å². The van der Waals surface area contributed by atoms with Crippen molar-refractivity contribution in [3.05, 3.63) is 12.7 Å². The molecule has 2 heteroatoms. The van der Waals surface area contributed by atoms with Gasteiger partial charge in [-0.3, -0.25) is 0 Å². The first kappa shape index (κ1) is 5.26. The van der Waals surface area contributed by atoms with Crippen LogP contribution in [0.5, 0.6) is 0 Å². The van der Waals surface area contributed by atoms with Gasteiger partial charge >= 0.3 is 0 Å². The summed E-state index contributed by atoms with van der Waals surface area (Å²) in [7, 11) is 0. The molecule has 1 aliphatic carbocycles. The molecule has 8 heavy (non-hydrogen) atoms. The fourth-order valence-electron chi connectivity index (χ4n) is 0.670. The van der Waals surface area contributed by atoms with Gasteiger partial charge in [-0.25, -0.2) is 9.79 Å². The van der Waals surface area contributed by atoms with Crippen molar-refractivity contribution in [2.24, 2.45) is 10.9 Å². The third-order valence-corrected chi connectivity index (χ3v) is 1.33. The normalized spacial score (nSPS) is 33.0. The van der Waals surface area contributed by atoms with Gasteiger partial charge in [-0.1, -0.05) is 6.08 Å². The van der Waals surface area contributed by atoms with Crippen molar-refractivity contribution < 1.29 is 4.79 Å². The van der Waals surface area contributed by atoms with Crippen molar-refractivity contribution in [2.45, 2.75) is 12.5 Å². The Morgan fingerprint density at radius 2 is 2.62 bits per heavy atom. The summed E-state index contributed by atoms with van der Waals surface area (Å²) in [6.45, 7) is 3.57. The predicted octanol–water partition coefficient (Wildman–Crippen LogP) is 0.897. The Labute approximate surface area is 47.9 Å². The van der Waals surface area contributed by atoms with Crippen LogP contribution in [0.1, 0.15) is 6.42 Å². The van der Waals surface area contributed by atoms with Crippen molar-refractivity contribution in [1.82, 2.24) is 0 Å². The molecule has 1 rings (SSSR count). The fraction of sp³-hybridized carbons (Fsp3) is 0.500. The van der Waals surface area contributed by atoms with Gasteiger partial charge in [0.2, 0.25) is 6.08 Å². The molecule has 2 atom stereocenters. The quantitative estimate of drug-likeness (QED) is 0.294. The van der Waals surface area contributed by atoms with Crippen molar-refractivity contribution >= 4 is 6.08 Å². The minimum absolute atomic E-state index is 0.213. The van der Waals surface area contributed by atoms with Gasteiger partial charge in [0.1, 0.15) is 0 Å². The Bertz CT molecular complexity index is 147. The molecule has 0 spiro atoms. The lowest BCUT2D eigenvalue weighted by Crippen LogP contribution is -1.75. The Kier molecular flexibility index (Phi) is 1.27. The van der Waals surface area contributed by atoms with E-state index in [0.717, 1.165) is 6.42 Å². The van der Waals surface area contributed by atoms with Gasteiger partial charge in [0.15, 0.2) is 0 Å². The molecular formula is C6H7NO. The molecule has 0 amide bonds. The molecule has 0 aromatic carbocycles. The van der Waals surface area contributed by atoms with Crippen LogP contribution < -0.4 is 0 Å². The summed E-state index contributed by atoms with van der Waals surface area (Å²) in [6, 6.07) is 0.213. The van der Waals surface area contributed by atoms with Crippen LogP contribution in [0.2, 0.25) is 0 Å². The lowest BCUT2D eigenvalue weighted by atomic mass is 10.4. The summed E-state index contributed by atoms with van der Waals surface area (Å²) in [5.41, 5.74) is 0. The third-order valence-electron chi connectivity index (χ3n) is 1.33. The van der Waals surface area contributed by atoms with Crippen LogP contribution >= 0.6 is 0 Å². The average Bonchev–Trinajstić information content (AvgIpc) is 2.48. The van der Waals surface area contributed by atoms with Gasteiger partial charge in [0.25, 0.3) is 0 Å². The first-order chi connectivity index (χ1) is 3.88. The molecule has 0 heterocycles. The van der Waals surface area contributed by atoms with Gasteiger partial charge in [0, 0.05) is 5.92 Å². The van der Waals surface area contributed by atoms with Gasteiger partial charge in [-0.15, -0.1) is 6.58 Å². The highest BCUT2D eigenvalue weighted by Crippen LogP contribution is 2.33. The first-order valence-corrected chi connectivity index (χ1v) is 2.58. The van der Waals surface area contributed by atoms with E-state index in [-0.39, 0.29) is 6.04 Å². The SMILES string of the molecule is C=C[C@@H]1C[C@@H]1N=C=O. The number of nitrogens with zero attached hydrogens (tertiary/aromatic N) is 1. The molecule has 0 radical (unpaired) electrons. The van der Waals surface area contributed by atoms with Crippen LogP contribution in [0, 0.1) is 5.92 Å². The summed E-state index contributed by atoms with van der Waals surface area (Å²) < 4.78 is 0. The molecule has 0 aliphatic heterocycles. The standard InChI is InChI=1S/C6H7NO/c1-2-5-3-6(5)7-4-8/h2,5-6H,1,3H2/t5-,6+/m1/s1. The van der Waals surface area contributed by atoms with E-state index in [1.165, 1.54) is 6.08 Å². The molecule has 1 aliphatic rings. The number of hydrogen-bond donors (Lipinski definition) is 0. The van der Waals surface area contributed by atoms with E-state index in [1.807, 2.05) is 6.08 Å². The first-order valence-electron chi connectivity index (χ1n) is 2.58. The molecule has 1 saturated carbocycles. The second-order valence-electron chi connectivity index (χ2n) is 1.92. The Morgan fingerprint density at radius 3 is 3.00 bits per heavy atom. The highest BCUT2D eigenvalue weighted by atomic mass is 16.1. The smallest absolute Gasteiger partial charge is 0.211 e. The van der Waals surface area contributed by atoms with Gasteiger partial charge in [0.05, 0.1) is 6.04 Å². The molecule has 0 aromatic heterocycles. The predicted molar refractivity (Wildman–Crippen MR) is 30.2 cm³/mol. The summed E-state index contributed by atoms with van der Waals surface area (Å²) in [4.78, 5) is 13.1. The largest absolute Gasteiger partial charge is 0.235 e. The molecule has 0 aromatic rings. The number of rotatable bonds is 2. The number of isocyanates is 1. The zero-order valence-electron chi connectivity index (χ0n) is 4.50. The third kappa shape index (κ3) is 0.849. The molecule has 2 nitrogen and oxygen atoms in total. The molecule has 0 unspecified atom stereocenters. The van der Waals surface area contributed by atoms with E-state index in [4.69, 9.17) is 0 Å². The summed E-state index contributed by atoms with van der Waals surface area (Å²) in [5, 5.41) is 0. The summed E-state index contributed by atoms with van der Waals surface area (Å²) in [5.74, 6) is 0.455. The Hall–Kier alpha value is -0.880. The van der Waals surface area contributed by atoms with Gasteiger partial charge in [-0.2, -0.15) is 0 Å². The number of hydrogen-bond acceptors (Lipinski definition) is 2. The molecule has 1 fully saturated rings. The topological polar surface area (TPSA) is 29.4 Å². The van der Waals surface area contributed by atoms with Gasteiger partial charge in [-0.05, 0) is 6.42 Å². The maximum atomic E-state index is 9.59. The van der Waals surface area contributed by atoms with Crippen LogP contribution in [0.4, 0.5) is 0 Å². The fourth-order valence-corrected chi connectivity index (χ4v) is 0.670. The van der Waals surface area contributed by atoms with E-state index < -0.39 is 0 Å². The zero-order chi connectivity index (χ0) is 5.98.